The van der Waals surface area contributed by atoms with Gasteiger partial charge in [0.1, 0.15) is 5.92 Å². The molecule has 1 aromatic carbocycles. The molecule has 2 aliphatic rings. The molecule has 0 bridgehead atoms. The highest BCUT2D eigenvalue weighted by Gasteiger charge is 2.41. The van der Waals surface area contributed by atoms with Gasteiger partial charge in [0.2, 0.25) is 18.6 Å². The number of fused-ring (bicyclic) bond motifs is 2. The maximum absolute atomic E-state index is 9.65. The fourth-order valence-corrected chi connectivity index (χ4v) is 4.24. The van der Waals surface area contributed by atoms with E-state index in [-0.39, 0.29) is 18.6 Å². The monoisotopic (exact) mass is 364 g/mol. The van der Waals surface area contributed by atoms with E-state index in [9.17, 15) is 5.26 Å². The Balaban J connectivity index is 1.70. The fourth-order valence-electron chi connectivity index (χ4n) is 3.37. The van der Waals surface area contributed by atoms with Gasteiger partial charge >= 0.3 is 0 Å². The summed E-state index contributed by atoms with van der Waals surface area (Å²) in [6.07, 6.45) is 0. The van der Waals surface area contributed by atoms with Crippen LogP contribution in [-0.4, -0.2) is 22.9 Å². The molecule has 0 amide bonds. The Hall–Kier alpha value is -3.31. The third-order valence-electron chi connectivity index (χ3n) is 4.55. The summed E-state index contributed by atoms with van der Waals surface area (Å²) in [6, 6.07) is 11.8. The maximum atomic E-state index is 9.65. The number of hydrogen-bond donors (Lipinski definition) is 2. The van der Waals surface area contributed by atoms with Crippen LogP contribution in [0.25, 0.3) is 11.3 Å². The van der Waals surface area contributed by atoms with Gasteiger partial charge in [-0.3, -0.25) is 10.5 Å². The van der Waals surface area contributed by atoms with E-state index < -0.39 is 5.92 Å². The predicted molar refractivity (Wildman–Crippen MR) is 93.8 cm³/mol. The van der Waals surface area contributed by atoms with Crippen LogP contribution in [0, 0.1) is 22.7 Å². The first-order valence-electron chi connectivity index (χ1n) is 7.94. The lowest BCUT2D eigenvalue weighted by Gasteiger charge is -2.27. The van der Waals surface area contributed by atoms with Crippen LogP contribution in [0.3, 0.4) is 0 Å². The van der Waals surface area contributed by atoms with Crippen LogP contribution in [0.1, 0.15) is 16.4 Å². The summed E-state index contributed by atoms with van der Waals surface area (Å²) in [6.45, 7) is 0.203. The molecule has 2 unspecified atom stereocenters. The standard InChI is InChI=1S/C18H12N4O3S/c19-7-10-14(13-2-1-5-26-13)15-16(21-22-18(15)25-17(10)20)9-3-4-11-12(6-9)24-8-23-11/h1-6,10,14,20H,8H2,(H,21,22). The highest BCUT2D eigenvalue weighted by atomic mass is 32.1. The highest BCUT2D eigenvalue weighted by molar-refractivity contribution is 7.10. The lowest BCUT2D eigenvalue weighted by molar-refractivity contribution is 0.174. The smallest absolute Gasteiger partial charge is 0.244 e. The first-order valence-corrected chi connectivity index (χ1v) is 8.82. The van der Waals surface area contributed by atoms with Gasteiger partial charge in [-0.25, -0.2) is 0 Å². The molecule has 0 spiro atoms. The molecule has 0 fully saturated rings. The van der Waals surface area contributed by atoms with Crippen LogP contribution in [-0.2, 0) is 0 Å². The van der Waals surface area contributed by atoms with Gasteiger partial charge in [0.25, 0.3) is 0 Å². The minimum Gasteiger partial charge on any atom is -0.454 e. The molecule has 128 valence electrons. The average molecular weight is 364 g/mol. The molecule has 5 rings (SSSR count). The molecule has 2 atom stereocenters. The van der Waals surface area contributed by atoms with E-state index in [2.05, 4.69) is 16.3 Å². The molecular weight excluding hydrogens is 352 g/mol. The second-order valence-corrected chi connectivity index (χ2v) is 6.93. The van der Waals surface area contributed by atoms with Crippen LogP contribution < -0.4 is 14.2 Å². The SMILES string of the molecule is N#CC1C(=N)Oc2n[nH]c(-c3ccc4c(c3)OCO4)c2C1c1cccs1. The number of benzene rings is 1. The van der Waals surface area contributed by atoms with E-state index in [1.165, 1.54) is 0 Å². The summed E-state index contributed by atoms with van der Waals surface area (Å²) in [5.41, 5.74) is 2.40. The Morgan fingerprint density at radius 1 is 1.27 bits per heavy atom. The summed E-state index contributed by atoms with van der Waals surface area (Å²) in [4.78, 5) is 0.995. The van der Waals surface area contributed by atoms with Crippen LogP contribution in [0.4, 0.5) is 0 Å². The van der Waals surface area contributed by atoms with E-state index >= 15 is 0 Å². The normalized spacial score (nSPS) is 20.3. The lowest BCUT2D eigenvalue weighted by atomic mass is 9.82. The Morgan fingerprint density at radius 3 is 2.96 bits per heavy atom. The number of aromatic amines is 1. The zero-order valence-corrected chi connectivity index (χ0v) is 14.2. The van der Waals surface area contributed by atoms with Crippen molar-refractivity contribution in [3.05, 3.63) is 46.2 Å². The van der Waals surface area contributed by atoms with Gasteiger partial charge in [-0.2, -0.15) is 5.26 Å². The minimum atomic E-state index is -0.702. The number of rotatable bonds is 2. The van der Waals surface area contributed by atoms with Gasteiger partial charge in [-0.15, -0.1) is 16.4 Å². The van der Waals surface area contributed by atoms with Crippen LogP contribution in [0.2, 0.25) is 0 Å². The van der Waals surface area contributed by atoms with Crippen LogP contribution >= 0.6 is 11.3 Å². The largest absolute Gasteiger partial charge is 0.454 e. The second-order valence-electron chi connectivity index (χ2n) is 5.95. The predicted octanol–water partition coefficient (Wildman–Crippen LogP) is 3.51. The van der Waals surface area contributed by atoms with Crippen molar-refractivity contribution in [3.63, 3.8) is 0 Å². The summed E-state index contributed by atoms with van der Waals surface area (Å²) in [5.74, 6) is 0.612. The van der Waals surface area contributed by atoms with Gasteiger partial charge in [0.05, 0.1) is 23.2 Å². The molecular formula is C18H12N4O3S. The van der Waals surface area contributed by atoms with Gasteiger partial charge < -0.3 is 14.2 Å². The summed E-state index contributed by atoms with van der Waals surface area (Å²) in [5, 5.41) is 27.0. The van der Waals surface area contributed by atoms with Crippen molar-refractivity contribution in [2.75, 3.05) is 6.79 Å². The first kappa shape index (κ1) is 15.0. The quantitative estimate of drug-likeness (QED) is 0.724. The van der Waals surface area contributed by atoms with Gasteiger partial charge in [-0.1, -0.05) is 6.07 Å². The molecule has 2 N–H and O–H groups in total. The molecule has 7 nitrogen and oxygen atoms in total. The van der Waals surface area contributed by atoms with Crippen molar-refractivity contribution in [1.82, 2.24) is 10.2 Å². The molecule has 0 saturated carbocycles. The van der Waals surface area contributed by atoms with E-state index in [0.29, 0.717) is 17.4 Å². The summed E-state index contributed by atoms with van der Waals surface area (Å²) < 4.78 is 16.4. The Bertz CT molecular complexity index is 1050. The molecule has 2 aromatic heterocycles. The number of H-pyrrole nitrogens is 1. The second kappa shape index (κ2) is 5.61. The fraction of sp³-hybridized carbons (Fsp3) is 0.167. The number of aromatic nitrogens is 2. The van der Waals surface area contributed by atoms with E-state index in [0.717, 1.165) is 21.7 Å². The third-order valence-corrected chi connectivity index (χ3v) is 5.51. The Kier molecular flexibility index (Phi) is 3.23. The van der Waals surface area contributed by atoms with Crippen molar-refractivity contribution in [2.24, 2.45) is 5.92 Å². The van der Waals surface area contributed by atoms with Gasteiger partial charge in [0, 0.05) is 10.4 Å². The zero-order chi connectivity index (χ0) is 17.7. The van der Waals surface area contributed by atoms with Gasteiger partial charge in [0.15, 0.2) is 11.5 Å². The number of nitrogens with one attached hydrogen (secondary N) is 2. The number of ether oxygens (including phenoxy) is 3. The molecule has 26 heavy (non-hydrogen) atoms. The molecule has 3 aromatic rings. The van der Waals surface area contributed by atoms with Crippen LogP contribution in [0.15, 0.2) is 35.7 Å². The van der Waals surface area contributed by atoms with Gasteiger partial charge in [-0.05, 0) is 29.6 Å². The molecule has 4 heterocycles. The summed E-state index contributed by atoms with van der Waals surface area (Å²) >= 11 is 1.55. The van der Waals surface area contributed by atoms with Crippen molar-refractivity contribution in [2.45, 2.75) is 5.92 Å². The van der Waals surface area contributed by atoms with Crippen molar-refractivity contribution >= 4 is 17.2 Å². The minimum absolute atomic E-state index is 0.0814. The molecule has 0 saturated heterocycles. The molecule has 2 aliphatic heterocycles. The topological polar surface area (TPSA) is 104 Å². The first-order chi connectivity index (χ1) is 12.8. The number of thiophene rings is 1. The maximum Gasteiger partial charge on any atom is 0.244 e. The van der Waals surface area contributed by atoms with Crippen molar-refractivity contribution < 1.29 is 14.2 Å². The highest BCUT2D eigenvalue weighted by Crippen LogP contribution is 2.47. The number of nitriles is 1. The lowest BCUT2D eigenvalue weighted by Crippen LogP contribution is -2.30. The van der Waals surface area contributed by atoms with E-state index in [1.54, 1.807) is 11.3 Å². The summed E-state index contributed by atoms with van der Waals surface area (Å²) in [7, 11) is 0. The molecule has 8 heteroatoms. The average Bonchev–Trinajstić information content (AvgIpc) is 3.39. The van der Waals surface area contributed by atoms with Crippen molar-refractivity contribution in [3.8, 4) is 34.7 Å². The van der Waals surface area contributed by atoms with E-state index in [4.69, 9.17) is 19.6 Å². The zero-order valence-electron chi connectivity index (χ0n) is 13.4. The third kappa shape index (κ3) is 2.11. The Morgan fingerprint density at radius 2 is 2.15 bits per heavy atom. The molecule has 0 radical (unpaired) electrons. The van der Waals surface area contributed by atoms with Crippen molar-refractivity contribution in [1.29, 1.82) is 10.7 Å². The number of hydrogen-bond acceptors (Lipinski definition) is 7. The van der Waals surface area contributed by atoms with E-state index in [1.807, 2.05) is 35.7 Å². The Labute approximate surface area is 152 Å². The van der Waals surface area contributed by atoms with Crippen LogP contribution in [0.5, 0.6) is 17.4 Å². The number of nitrogens with zero attached hydrogens (tertiary/aromatic N) is 2. The molecule has 0 aliphatic carbocycles.